The largest absolute Gasteiger partial charge is 1.00 e. The molecule has 31 heteroatoms. The molecule has 0 aromatic heterocycles. The van der Waals surface area contributed by atoms with Gasteiger partial charge in [0.05, 0.1) is 0 Å². The van der Waals surface area contributed by atoms with Crippen molar-refractivity contribution < 1.29 is 425 Å². The minimum absolute atomic E-state index is 0. The molecule has 0 saturated carbocycles. The van der Waals surface area contributed by atoms with Crippen LogP contribution in [0.1, 0.15) is 0 Å². The third-order valence-corrected chi connectivity index (χ3v) is 1.72. The smallest absolute Gasteiger partial charge is 0.907 e. The van der Waals surface area contributed by atoms with Gasteiger partial charge in [0.1, 0.15) is 0 Å². The van der Waals surface area contributed by atoms with Gasteiger partial charge in [0.15, 0.2) is 0 Å². The van der Waals surface area contributed by atoms with Gasteiger partial charge in [0.25, 0.3) is 0 Å². The Labute approximate surface area is 495 Å². The molecule has 0 aliphatic heterocycles. The van der Waals surface area contributed by atoms with Crippen LogP contribution in [0.5, 0.6) is 0 Å². The number of thioether (sulfide) groups is 1. The Morgan fingerprint density at radius 1 is 0.421 bits per heavy atom. The van der Waals surface area contributed by atoms with E-state index in [1.807, 2.05) is 18.2 Å². The Bertz CT molecular complexity index is 321. The van der Waals surface area contributed by atoms with E-state index in [4.69, 9.17) is 70.8 Å². The molecule has 1 aromatic rings. The van der Waals surface area contributed by atoms with Crippen LogP contribution in [0.25, 0.3) is 0 Å². The van der Waals surface area contributed by atoms with Crippen LogP contribution in [0.15, 0.2) is 35.2 Å². The molecule has 0 heterocycles. The molecule has 14 nitrogen and oxygen atoms in total. The van der Waals surface area contributed by atoms with Crippen molar-refractivity contribution in [2.45, 2.75) is 4.90 Å². The summed E-state index contributed by atoms with van der Waals surface area (Å²) in [5.41, 5.74) is 0. The molecule has 0 saturated heterocycles. The van der Waals surface area contributed by atoms with E-state index in [0.717, 1.165) is 0 Å². The van der Waals surface area contributed by atoms with E-state index in [2.05, 4.69) is 18.4 Å². The van der Waals surface area contributed by atoms with Crippen LogP contribution in [0.2, 0.25) is 0 Å². The first-order valence-electron chi connectivity index (χ1n) is 5.55. The molecule has 1 aromatic carbocycles. The van der Waals surface area contributed by atoms with Crippen LogP contribution < -0.4 is 415 Å². The van der Waals surface area contributed by atoms with Crippen molar-refractivity contribution in [2.24, 2.45) is 0 Å². The standard InChI is InChI=1S/C7H8S.4BO3.12Na.H2O2/c1-8-7-5-3-2-4-6-7;4*2-1(3)4;;;;;;;;;;;;;1-2/h2-6H,1H3;;;;;;;;;;;;;;;;;1-2H/q;4*-3;12*+1;. The van der Waals surface area contributed by atoms with E-state index in [-0.39, 0.29) is 355 Å². The van der Waals surface area contributed by atoms with Gasteiger partial charge < -0.3 is 60.3 Å². The Hall–Kier alpha value is 11.3. The maximum Gasteiger partial charge on any atom is 1.00 e. The second-order valence-electron chi connectivity index (χ2n) is 2.67. The number of benzene rings is 1. The Morgan fingerprint density at radius 2 is 0.553 bits per heavy atom. The predicted molar refractivity (Wildman–Crippen MR) is 66.5 cm³/mol. The van der Waals surface area contributed by atoms with Gasteiger partial charge in [0, 0.05) is 4.90 Å². The minimum atomic E-state index is -2.92. The summed E-state index contributed by atoms with van der Waals surface area (Å²) in [5.74, 6) is 0. The Kier molecular flexibility index (Phi) is 300. The van der Waals surface area contributed by atoms with Crippen molar-refractivity contribution in [1.29, 1.82) is 0 Å². The van der Waals surface area contributed by atoms with Gasteiger partial charge in [-0.1, -0.05) is 18.2 Å². The molecule has 0 spiro atoms. The molecule has 0 unspecified atom stereocenters. The van der Waals surface area contributed by atoms with Gasteiger partial charge in [-0.3, -0.25) is 39.8 Å². The number of hydrogen-bond acceptors (Lipinski definition) is 15. The molecule has 0 bridgehead atoms. The summed E-state index contributed by atoms with van der Waals surface area (Å²) in [6.45, 7) is 0. The second kappa shape index (κ2) is 104. The van der Waals surface area contributed by atoms with Gasteiger partial charge in [-0.05, 0) is 18.4 Å². The summed E-state index contributed by atoms with van der Waals surface area (Å²) in [6.07, 6.45) is 2.08. The fraction of sp³-hybridized carbons (Fsp3) is 0.143. The summed E-state index contributed by atoms with van der Waals surface area (Å²) in [7, 11) is -11.7. The monoisotopic (exact) mass is 670 g/mol. The van der Waals surface area contributed by atoms with Crippen LogP contribution in [0.4, 0.5) is 0 Å². The maximum absolute atomic E-state index is 8.42. The van der Waals surface area contributed by atoms with Crippen molar-refractivity contribution >= 4 is 41.0 Å². The molecule has 2 N–H and O–H groups in total. The van der Waals surface area contributed by atoms with E-state index in [1.54, 1.807) is 11.8 Å². The van der Waals surface area contributed by atoms with Crippen molar-refractivity contribution in [3.05, 3.63) is 30.3 Å². The van der Waals surface area contributed by atoms with Gasteiger partial charge in [-0.25, -0.2) is 0 Å². The molecule has 0 fully saturated rings. The Balaban J connectivity index is -0.00000000906. The van der Waals surface area contributed by atoms with Crippen LogP contribution in [0.3, 0.4) is 0 Å². The molecule has 0 aliphatic rings. The van der Waals surface area contributed by atoms with E-state index in [9.17, 15) is 0 Å². The molecule has 0 radical (unpaired) electrons. The van der Waals surface area contributed by atoms with E-state index >= 15 is 0 Å². The first-order valence-corrected chi connectivity index (χ1v) is 6.78. The third-order valence-electron chi connectivity index (χ3n) is 0.979. The summed E-state index contributed by atoms with van der Waals surface area (Å²) in [4.78, 5) is 1.33. The predicted octanol–water partition coefficient (Wildman–Crippen LogP) is -49.3. The van der Waals surface area contributed by atoms with Crippen molar-refractivity contribution in [1.82, 2.24) is 0 Å². The summed E-state index contributed by atoms with van der Waals surface area (Å²) >= 11 is 1.77. The second-order valence-corrected chi connectivity index (χ2v) is 3.55. The average Bonchev–Trinajstić information content (AvgIpc) is 2.48. The summed E-state index contributed by atoms with van der Waals surface area (Å²) in [5, 5.41) is 113. The maximum atomic E-state index is 8.42. The zero-order chi connectivity index (χ0) is 22.1. The van der Waals surface area contributed by atoms with Crippen LogP contribution in [-0.4, -0.2) is 46.1 Å². The summed E-state index contributed by atoms with van der Waals surface area (Å²) in [6, 6.07) is 10.3. The molecular weight excluding hydrogens is 659 g/mol. The van der Waals surface area contributed by atoms with Gasteiger partial charge in [-0.15, -0.1) is 11.8 Å². The summed E-state index contributed by atoms with van der Waals surface area (Å²) < 4.78 is 0. The molecule has 0 aliphatic carbocycles. The zero-order valence-corrected chi connectivity index (χ0v) is 49.7. The normalized spacial score (nSPS) is 4.92. The number of hydrogen-bond donors (Lipinski definition) is 2. The molecule has 38 heavy (non-hydrogen) atoms. The van der Waals surface area contributed by atoms with Crippen LogP contribution >= 0.6 is 11.8 Å². The fourth-order valence-electron chi connectivity index (χ4n) is 0.557. The Morgan fingerprint density at radius 3 is 0.632 bits per heavy atom. The van der Waals surface area contributed by atoms with E-state index < -0.39 is 29.3 Å². The van der Waals surface area contributed by atoms with Crippen molar-refractivity contribution in [3.8, 4) is 0 Å². The quantitative estimate of drug-likeness (QED) is 0.121. The van der Waals surface area contributed by atoms with Crippen molar-refractivity contribution in [2.75, 3.05) is 6.26 Å². The van der Waals surface area contributed by atoms with Crippen LogP contribution in [0, 0.1) is 0 Å². The molecular formula is C7H10B4Na12O14S. The fourth-order valence-corrected chi connectivity index (χ4v) is 0.986. The molecule has 1 rings (SSSR count). The third kappa shape index (κ3) is 224. The topological polar surface area (TPSA) is 317 Å². The van der Waals surface area contributed by atoms with Gasteiger partial charge >= 0.3 is 355 Å². The van der Waals surface area contributed by atoms with E-state index in [1.165, 1.54) is 4.90 Å². The van der Waals surface area contributed by atoms with E-state index in [0.29, 0.717) is 0 Å². The van der Waals surface area contributed by atoms with Gasteiger partial charge in [0.2, 0.25) is 0 Å². The zero-order valence-electron chi connectivity index (χ0n) is 24.9. The van der Waals surface area contributed by atoms with Gasteiger partial charge in [-0.2, -0.15) is 0 Å². The van der Waals surface area contributed by atoms with Crippen molar-refractivity contribution in [3.63, 3.8) is 0 Å². The number of rotatable bonds is 1. The molecule has 0 atom stereocenters. The first kappa shape index (κ1) is 110. The first-order chi connectivity index (χ1) is 11.9. The average molecular weight is 669 g/mol. The van der Waals surface area contributed by atoms with Crippen LogP contribution in [-0.2, 0) is 0 Å². The molecule has 0 amide bonds. The SMILES string of the molecule is CSc1ccccc1.OO.[Na+].[Na+].[Na+].[Na+].[Na+].[Na+].[Na+].[Na+].[Na+].[Na+].[Na+].[Na+].[O-]B([O-])[O-].[O-]B([O-])[O-].[O-]B([O-])[O-].[O-]B([O-])[O-]. The molecule has 152 valence electrons. The minimum Gasteiger partial charge on any atom is -0.907 e.